The lowest BCUT2D eigenvalue weighted by Crippen LogP contribution is -2.51. The van der Waals surface area contributed by atoms with Crippen LogP contribution in [0.25, 0.3) is 0 Å². The molecule has 0 saturated carbocycles. The molecule has 0 radical (unpaired) electrons. The summed E-state index contributed by atoms with van der Waals surface area (Å²) in [5.41, 5.74) is 7.65. The molecule has 144 valence electrons. The predicted octanol–water partition coefficient (Wildman–Crippen LogP) is 3.46. The molecule has 5 nitrogen and oxygen atoms in total. The van der Waals surface area contributed by atoms with E-state index in [9.17, 15) is 5.11 Å². The third-order valence-corrected chi connectivity index (χ3v) is 4.50. The van der Waals surface area contributed by atoms with Crippen LogP contribution in [-0.4, -0.2) is 41.3 Å². The molecule has 1 atom stereocenters. The first-order valence-electron chi connectivity index (χ1n) is 9.52. The van der Waals surface area contributed by atoms with Crippen LogP contribution in [0.15, 0.2) is 24.3 Å². The van der Waals surface area contributed by atoms with Gasteiger partial charge in [-0.2, -0.15) is 0 Å². The van der Waals surface area contributed by atoms with E-state index >= 15 is 0 Å². The highest BCUT2D eigenvalue weighted by atomic mass is 16.9. The number of nitrogens with two attached hydrogens (primary N) is 1. The van der Waals surface area contributed by atoms with Crippen LogP contribution in [0, 0.1) is 0 Å². The van der Waals surface area contributed by atoms with E-state index < -0.39 is 5.54 Å². The van der Waals surface area contributed by atoms with Crippen LogP contribution in [0.3, 0.4) is 0 Å². The Kier molecular flexibility index (Phi) is 10.9. The Balaban J connectivity index is 2.34. The lowest BCUT2D eigenvalue weighted by molar-refractivity contribution is -0.330. The molecule has 4 N–H and O–H groups in total. The molecule has 0 amide bonds. The molecule has 0 heterocycles. The molecule has 1 aromatic carbocycles. The minimum atomic E-state index is -0.906. The lowest BCUT2D eigenvalue weighted by atomic mass is 9.92. The average Bonchev–Trinajstić information content (AvgIpc) is 2.61. The van der Waals surface area contributed by atoms with Gasteiger partial charge in [-0.15, -0.1) is 0 Å². The number of benzene rings is 1. The standard InChI is InChI=1S/C20H36N2O3/c1-3-4-5-6-7-8-9-10-18-11-13-19(14-12-18)15-20(21,16-23)17-25-22(2)24/h11-14,23-24H,3-10,15-17,21H2,1-2H3. The van der Waals surface area contributed by atoms with Gasteiger partial charge in [0.1, 0.15) is 0 Å². The van der Waals surface area contributed by atoms with Crippen molar-refractivity contribution in [3.05, 3.63) is 35.4 Å². The lowest BCUT2D eigenvalue weighted by Gasteiger charge is -2.27. The largest absolute Gasteiger partial charge is 0.394 e. The molecular formula is C20H36N2O3. The summed E-state index contributed by atoms with van der Waals surface area (Å²) in [6, 6.07) is 8.42. The third-order valence-electron chi connectivity index (χ3n) is 4.50. The number of hydrogen-bond donors (Lipinski definition) is 3. The summed E-state index contributed by atoms with van der Waals surface area (Å²) in [6.07, 6.45) is 10.9. The Morgan fingerprint density at radius 3 is 2.12 bits per heavy atom. The quantitative estimate of drug-likeness (QED) is 0.353. The fourth-order valence-corrected chi connectivity index (χ4v) is 2.89. The molecule has 0 aromatic heterocycles. The van der Waals surface area contributed by atoms with E-state index in [0.29, 0.717) is 11.6 Å². The molecule has 1 rings (SSSR count). The molecule has 0 bridgehead atoms. The summed E-state index contributed by atoms with van der Waals surface area (Å²) < 4.78 is 0. The van der Waals surface area contributed by atoms with Gasteiger partial charge in [-0.1, -0.05) is 74.9 Å². The van der Waals surface area contributed by atoms with Gasteiger partial charge in [-0.25, -0.2) is 0 Å². The second-order valence-corrected chi connectivity index (χ2v) is 7.12. The fourth-order valence-electron chi connectivity index (χ4n) is 2.89. The Hall–Kier alpha value is -0.980. The van der Waals surface area contributed by atoms with Crippen molar-refractivity contribution >= 4 is 0 Å². The number of aliphatic hydroxyl groups is 1. The van der Waals surface area contributed by atoms with E-state index in [1.54, 1.807) is 0 Å². The second-order valence-electron chi connectivity index (χ2n) is 7.12. The van der Waals surface area contributed by atoms with E-state index in [2.05, 4.69) is 31.2 Å². The topological polar surface area (TPSA) is 79.0 Å². The average molecular weight is 353 g/mol. The molecule has 0 aliphatic rings. The zero-order chi connectivity index (χ0) is 18.5. The Morgan fingerprint density at radius 2 is 1.56 bits per heavy atom. The van der Waals surface area contributed by atoms with Gasteiger partial charge in [0, 0.05) is 7.05 Å². The highest BCUT2D eigenvalue weighted by molar-refractivity contribution is 5.24. The number of unbranched alkanes of at least 4 members (excludes halogenated alkanes) is 6. The highest BCUT2D eigenvalue weighted by Gasteiger charge is 2.26. The SMILES string of the molecule is CCCCCCCCCc1ccc(CC(N)(CO)CON(C)O)cc1. The van der Waals surface area contributed by atoms with Crippen LogP contribution >= 0.6 is 0 Å². The number of aryl methyl sites for hydroxylation is 1. The van der Waals surface area contributed by atoms with Crippen molar-refractivity contribution in [3.63, 3.8) is 0 Å². The Morgan fingerprint density at radius 1 is 1.00 bits per heavy atom. The van der Waals surface area contributed by atoms with Gasteiger partial charge in [0.2, 0.25) is 0 Å². The van der Waals surface area contributed by atoms with Crippen LogP contribution in [0.4, 0.5) is 0 Å². The minimum absolute atomic E-state index is 0.0519. The zero-order valence-corrected chi connectivity index (χ0v) is 15.9. The normalized spacial score (nSPS) is 14.0. The predicted molar refractivity (Wildman–Crippen MR) is 101 cm³/mol. The van der Waals surface area contributed by atoms with Crippen molar-refractivity contribution < 1.29 is 15.2 Å². The summed E-state index contributed by atoms with van der Waals surface area (Å²) in [4.78, 5) is 5.00. The number of hydrogen-bond acceptors (Lipinski definition) is 5. The number of aliphatic hydroxyl groups excluding tert-OH is 1. The maximum Gasteiger partial charge on any atom is 0.0917 e. The highest BCUT2D eigenvalue weighted by Crippen LogP contribution is 2.15. The van der Waals surface area contributed by atoms with Gasteiger partial charge in [0.15, 0.2) is 0 Å². The van der Waals surface area contributed by atoms with Crippen LogP contribution in [-0.2, 0) is 17.7 Å². The number of rotatable bonds is 14. The third kappa shape index (κ3) is 9.92. The monoisotopic (exact) mass is 352 g/mol. The second kappa shape index (κ2) is 12.4. The fraction of sp³-hybridized carbons (Fsp3) is 0.700. The summed E-state index contributed by atoms with van der Waals surface area (Å²) in [6.45, 7) is 2.09. The first-order valence-corrected chi connectivity index (χ1v) is 9.52. The van der Waals surface area contributed by atoms with Gasteiger partial charge in [0.25, 0.3) is 0 Å². The molecular weight excluding hydrogens is 316 g/mol. The van der Waals surface area contributed by atoms with Crippen LogP contribution in [0.1, 0.15) is 63.0 Å². The van der Waals surface area contributed by atoms with Crippen molar-refractivity contribution in [3.8, 4) is 0 Å². The maximum atomic E-state index is 9.53. The summed E-state index contributed by atoms with van der Waals surface area (Å²) in [7, 11) is 1.37. The minimum Gasteiger partial charge on any atom is -0.394 e. The molecule has 0 aliphatic heterocycles. The van der Waals surface area contributed by atoms with E-state index in [1.165, 1.54) is 57.6 Å². The first-order chi connectivity index (χ1) is 12.0. The number of hydroxylamine groups is 2. The molecule has 0 aliphatic carbocycles. The summed E-state index contributed by atoms with van der Waals surface area (Å²) in [5, 5.41) is 19.2. The van der Waals surface area contributed by atoms with Crippen molar-refractivity contribution in [1.82, 2.24) is 5.23 Å². The van der Waals surface area contributed by atoms with Crippen molar-refractivity contribution in [2.24, 2.45) is 5.73 Å². The van der Waals surface area contributed by atoms with Crippen molar-refractivity contribution in [2.75, 3.05) is 20.3 Å². The Bertz CT molecular complexity index is 451. The van der Waals surface area contributed by atoms with Crippen LogP contribution in [0.2, 0.25) is 0 Å². The maximum absolute atomic E-state index is 9.53. The zero-order valence-electron chi connectivity index (χ0n) is 15.9. The molecule has 0 fully saturated rings. The van der Waals surface area contributed by atoms with E-state index in [0.717, 1.165) is 12.0 Å². The first kappa shape index (κ1) is 22.1. The molecule has 0 saturated heterocycles. The van der Waals surface area contributed by atoms with Crippen LogP contribution in [0.5, 0.6) is 0 Å². The van der Waals surface area contributed by atoms with E-state index in [4.69, 9.17) is 15.8 Å². The van der Waals surface area contributed by atoms with Gasteiger partial charge < -0.3 is 10.8 Å². The molecule has 25 heavy (non-hydrogen) atoms. The van der Waals surface area contributed by atoms with Gasteiger partial charge in [0.05, 0.1) is 18.8 Å². The van der Waals surface area contributed by atoms with Gasteiger partial charge in [-0.05, 0) is 30.4 Å². The smallest absolute Gasteiger partial charge is 0.0917 e. The molecule has 1 unspecified atom stereocenters. The molecule has 1 aromatic rings. The van der Waals surface area contributed by atoms with E-state index in [1.807, 2.05) is 0 Å². The summed E-state index contributed by atoms with van der Waals surface area (Å²) >= 11 is 0. The van der Waals surface area contributed by atoms with Gasteiger partial charge in [-0.3, -0.25) is 10.0 Å². The van der Waals surface area contributed by atoms with Crippen molar-refractivity contribution in [1.29, 1.82) is 0 Å². The number of nitrogens with zero attached hydrogens (tertiary/aromatic N) is 1. The van der Waals surface area contributed by atoms with Gasteiger partial charge >= 0.3 is 0 Å². The molecule has 5 heteroatoms. The van der Waals surface area contributed by atoms with Crippen molar-refractivity contribution in [2.45, 2.75) is 70.3 Å². The Labute approximate surface area is 152 Å². The van der Waals surface area contributed by atoms with E-state index in [-0.39, 0.29) is 13.2 Å². The molecule has 0 spiro atoms. The van der Waals surface area contributed by atoms with Crippen LogP contribution < -0.4 is 5.73 Å². The summed E-state index contributed by atoms with van der Waals surface area (Å²) in [5.74, 6) is 0.